The van der Waals surface area contributed by atoms with Crippen LogP contribution in [0.25, 0.3) is 10.2 Å². The number of methoxy groups -OCH3 is 1. The molecule has 0 bridgehead atoms. The number of ether oxygens (including phenoxy) is 1. The number of nitrogens with zero attached hydrogens (tertiary/aromatic N) is 2. The van der Waals surface area contributed by atoms with Crippen LogP contribution in [0.15, 0.2) is 12.1 Å². The van der Waals surface area contributed by atoms with Crippen molar-refractivity contribution in [3.05, 3.63) is 27.3 Å². The minimum Gasteiger partial charge on any atom is -0.490 e. The molecule has 1 aromatic heterocycles. The van der Waals surface area contributed by atoms with Gasteiger partial charge in [0.1, 0.15) is 5.01 Å². The molecule has 7 heteroatoms. The van der Waals surface area contributed by atoms with Gasteiger partial charge >= 0.3 is 5.69 Å². The highest BCUT2D eigenvalue weighted by Crippen LogP contribution is 2.36. The van der Waals surface area contributed by atoms with E-state index in [1.54, 1.807) is 6.07 Å². The molecular weight excluding hydrogens is 232 g/mol. The number of nitro groups is 1. The first-order valence-corrected chi connectivity index (χ1v) is 5.20. The molecule has 0 aliphatic heterocycles. The number of thiazole rings is 1. The summed E-state index contributed by atoms with van der Waals surface area (Å²) in [5.74, 6) is 0.173. The van der Waals surface area contributed by atoms with Crippen LogP contribution < -0.4 is 4.74 Å². The van der Waals surface area contributed by atoms with Crippen LogP contribution in [0.5, 0.6) is 5.75 Å². The number of nitro benzene ring substituents is 1. The van der Waals surface area contributed by atoms with Gasteiger partial charge in [-0.2, -0.15) is 0 Å². The van der Waals surface area contributed by atoms with Crippen LogP contribution in [0, 0.1) is 10.1 Å². The molecule has 16 heavy (non-hydrogen) atoms. The Morgan fingerprint density at radius 3 is 2.94 bits per heavy atom. The molecule has 0 saturated carbocycles. The number of benzene rings is 1. The summed E-state index contributed by atoms with van der Waals surface area (Å²) in [7, 11) is 1.37. The summed E-state index contributed by atoms with van der Waals surface area (Å²) in [5.41, 5.74) is 0.106. The van der Waals surface area contributed by atoms with Crippen LogP contribution in [0.1, 0.15) is 5.01 Å². The maximum atomic E-state index is 10.9. The number of aromatic nitrogens is 1. The molecule has 1 N–H and O–H groups in total. The molecule has 2 rings (SSSR count). The van der Waals surface area contributed by atoms with Crippen LogP contribution in [0.3, 0.4) is 0 Å². The van der Waals surface area contributed by atoms with Crippen LogP contribution in [-0.2, 0) is 6.61 Å². The summed E-state index contributed by atoms with van der Waals surface area (Å²) in [4.78, 5) is 14.4. The van der Waals surface area contributed by atoms with Crippen molar-refractivity contribution in [2.24, 2.45) is 0 Å². The van der Waals surface area contributed by atoms with Crippen molar-refractivity contribution >= 4 is 27.2 Å². The van der Waals surface area contributed by atoms with Gasteiger partial charge in [-0.05, 0) is 12.1 Å². The molecule has 0 atom stereocenters. The topological polar surface area (TPSA) is 85.5 Å². The number of rotatable bonds is 3. The summed E-state index contributed by atoms with van der Waals surface area (Å²) in [6.07, 6.45) is 0. The summed E-state index contributed by atoms with van der Waals surface area (Å²) < 4.78 is 5.58. The first-order chi connectivity index (χ1) is 7.67. The van der Waals surface area contributed by atoms with Gasteiger partial charge in [-0.15, -0.1) is 11.3 Å². The third-order valence-corrected chi connectivity index (χ3v) is 3.08. The lowest BCUT2D eigenvalue weighted by Crippen LogP contribution is -1.94. The normalized spacial score (nSPS) is 10.6. The molecule has 6 nitrogen and oxygen atoms in total. The van der Waals surface area contributed by atoms with Crippen molar-refractivity contribution in [3.63, 3.8) is 0 Å². The van der Waals surface area contributed by atoms with E-state index in [9.17, 15) is 10.1 Å². The van der Waals surface area contributed by atoms with E-state index in [1.165, 1.54) is 24.5 Å². The molecule has 0 unspecified atom stereocenters. The highest BCUT2D eigenvalue weighted by Gasteiger charge is 2.22. The minimum atomic E-state index is -0.526. The van der Waals surface area contributed by atoms with Gasteiger partial charge in [0.2, 0.25) is 0 Å². The van der Waals surface area contributed by atoms with E-state index < -0.39 is 4.92 Å². The monoisotopic (exact) mass is 240 g/mol. The third kappa shape index (κ3) is 1.59. The predicted octanol–water partition coefficient (Wildman–Crippen LogP) is 1.71. The van der Waals surface area contributed by atoms with Gasteiger partial charge in [0.05, 0.1) is 23.3 Å². The van der Waals surface area contributed by atoms with E-state index in [1.807, 2.05) is 0 Å². The van der Waals surface area contributed by atoms with Crippen LogP contribution in [0.2, 0.25) is 0 Å². The molecule has 0 spiro atoms. The second-order valence-electron chi connectivity index (χ2n) is 2.99. The average molecular weight is 240 g/mol. The van der Waals surface area contributed by atoms with Crippen LogP contribution >= 0.6 is 11.3 Å². The molecule has 0 fully saturated rings. The number of aliphatic hydroxyl groups excluding tert-OH is 1. The molecule has 0 radical (unpaired) electrons. The van der Waals surface area contributed by atoms with E-state index in [-0.39, 0.29) is 23.6 Å². The van der Waals surface area contributed by atoms with Gasteiger partial charge in [0, 0.05) is 0 Å². The van der Waals surface area contributed by atoms with Gasteiger partial charge in [-0.25, -0.2) is 4.98 Å². The molecule has 1 aromatic carbocycles. The highest BCUT2D eigenvalue weighted by atomic mass is 32.1. The summed E-state index contributed by atoms with van der Waals surface area (Å²) in [6.45, 7) is -0.223. The largest absolute Gasteiger partial charge is 0.490 e. The smallest absolute Gasteiger partial charge is 0.337 e. The van der Waals surface area contributed by atoms with Gasteiger partial charge in [-0.3, -0.25) is 10.1 Å². The Kier molecular flexibility index (Phi) is 2.71. The molecule has 1 heterocycles. The maximum absolute atomic E-state index is 10.9. The Balaban J connectivity index is 2.77. The van der Waals surface area contributed by atoms with Crippen molar-refractivity contribution < 1.29 is 14.8 Å². The lowest BCUT2D eigenvalue weighted by atomic mass is 10.2. The standard InChI is InChI=1S/C9H8N2O4S/c1-15-5-2-3-6-8(9(5)11(13)14)10-7(4-12)16-6/h2-3,12H,4H2,1H3. The Bertz CT molecular complexity index is 552. The lowest BCUT2D eigenvalue weighted by Gasteiger charge is -2.00. The van der Waals surface area contributed by atoms with Crippen molar-refractivity contribution in [2.45, 2.75) is 6.61 Å². The molecule has 84 valence electrons. The van der Waals surface area contributed by atoms with Crippen LogP contribution in [-0.4, -0.2) is 22.1 Å². The first-order valence-electron chi connectivity index (χ1n) is 4.39. The SMILES string of the molecule is COc1ccc2sc(CO)nc2c1[N+](=O)[O-]. The molecule has 2 aromatic rings. The lowest BCUT2D eigenvalue weighted by molar-refractivity contribution is -0.384. The molecule has 0 saturated heterocycles. The quantitative estimate of drug-likeness (QED) is 0.652. The second kappa shape index (κ2) is 4.03. The molecular formula is C9H8N2O4S. The van der Waals surface area contributed by atoms with Gasteiger partial charge < -0.3 is 9.84 Å². The Morgan fingerprint density at radius 1 is 1.62 bits per heavy atom. The number of hydrogen-bond donors (Lipinski definition) is 1. The third-order valence-electron chi connectivity index (χ3n) is 2.08. The van der Waals surface area contributed by atoms with Crippen LogP contribution in [0.4, 0.5) is 5.69 Å². The van der Waals surface area contributed by atoms with Gasteiger partial charge in [0.15, 0.2) is 11.3 Å². The van der Waals surface area contributed by atoms with Crippen molar-refractivity contribution in [1.82, 2.24) is 4.98 Å². The fourth-order valence-corrected chi connectivity index (χ4v) is 2.25. The van der Waals surface area contributed by atoms with E-state index in [0.29, 0.717) is 9.71 Å². The summed E-state index contributed by atoms with van der Waals surface area (Å²) >= 11 is 1.23. The second-order valence-corrected chi connectivity index (χ2v) is 4.10. The average Bonchev–Trinajstić information content (AvgIpc) is 2.69. The van der Waals surface area contributed by atoms with Gasteiger partial charge in [-0.1, -0.05) is 0 Å². The molecule has 0 amide bonds. The Hall–Kier alpha value is -1.73. The first kappa shape index (κ1) is 10.8. The fraction of sp³-hybridized carbons (Fsp3) is 0.222. The summed E-state index contributed by atoms with van der Waals surface area (Å²) in [5, 5.41) is 20.3. The molecule has 0 aliphatic carbocycles. The maximum Gasteiger partial charge on any atom is 0.337 e. The number of aliphatic hydroxyl groups is 1. The zero-order chi connectivity index (χ0) is 11.7. The minimum absolute atomic E-state index is 0.157. The highest BCUT2D eigenvalue weighted by molar-refractivity contribution is 7.18. The van der Waals surface area contributed by atoms with Crippen molar-refractivity contribution in [2.75, 3.05) is 7.11 Å². The van der Waals surface area contributed by atoms with E-state index in [2.05, 4.69) is 4.98 Å². The Morgan fingerprint density at radius 2 is 2.38 bits per heavy atom. The van der Waals surface area contributed by atoms with E-state index in [4.69, 9.17) is 9.84 Å². The Labute approximate surface area is 94.3 Å². The fourth-order valence-electron chi connectivity index (χ4n) is 1.42. The number of hydrogen-bond acceptors (Lipinski definition) is 6. The van der Waals surface area contributed by atoms with E-state index in [0.717, 1.165) is 0 Å². The van der Waals surface area contributed by atoms with E-state index >= 15 is 0 Å². The van der Waals surface area contributed by atoms with Gasteiger partial charge in [0.25, 0.3) is 0 Å². The number of fused-ring (bicyclic) bond motifs is 1. The predicted molar refractivity (Wildman–Crippen MR) is 58.7 cm³/mol. The summed E-state index contributed by atoms with van der Waals surface area (Å²) in [6, 6.07) is 3.22. The van der Waals surface area contributed by atoms with Crippen molar-refractivity contribution in [3.8, 4) is 5.75 Å². The van der Waals surface area contributed by atoms with Crippen molar-refractivity contribution in [1.29, 1.82) is 0 Å². The zero-order valence-electron chi connectivity index (χ0n) is 8.34. The molecule has 0 aliphatic rings. The zero-order valence-corrected chi connectivity index (χ0v) is 9.15.